The van der Waals surface area contributed by atoms with Gasteiger partial charge in [0.1, 0.15) is 0 Å². The molecule has 0 atom stereocenters. The van der Waals surface area contributed by atoms with Gasteiger partial charge in [-0.1, -0.05) is 49.4 Å². The van der Waals surface area contributed by atoms with Crippen molar-refractivity contribution in [2.24, 2.45) is 0 Å². The van der Waals surface area contributed by atoms with Gasteiger partial charge in [0.15, 0.2) is 0 Å². The molecule has 0 spiro atoms. The summed E-state index contributed by atoms with van der Waals surface area (Å²) in [5, 5.41) is 10.7. The lowest BCUT2D eigenvalue weighted by Gasteiger charge is -2.03. The predicted molar refractivity (Wildman–Crippen MR) is 79.0 cm³/mol. The molecule has 1 heterocycles. The molecule has 3 rings (SSSR count). The van der Waals surface area contributed by atoms with Gasteiger partial charge in [-0.2, -0.15) is 0 Å². The van der Waals surface area contributed by atoms with Gasteiger partial charge in [0, 0.05) is 16.5 Å². The van der Waals surface area contributed by atoms with Crippen LogP contribution in [0, 0.1) is 0 Å². The molecule has 0 aliphatic rings. The van der Waals surface area contributed by atoms with Crippen molar-refractivity contribution in [1.82, 2.24) is 4.98 Å². The maximum Gasteiger partial charge on any atom is 0.0709 e. The molecule has 0 saturated heterocycles. The maximum absolute atomic E-state index is 9.65. The maximum atomic E-state index is 9.65. The molecule has 0 fully saturated rings. The third-order valence-electron chi connectivity index (χ3n) is 3.62. The average molecular weight is 251 g/mol. The molecule has 2 heteroatoms. The van der Waals surface area contributed by atoms with E-state index in [1.807, 2.05) is 24.3 Å². The minimum absolute atomic E-state index is 0.0505. The molecule has 96 valence electrons. The Hall–Kier alpha value is -2.06. The van der Waals surface area contributed by atoms with Crippen LogP contribution in [0.15, 0.2) is 48.5 Å². The molecule has 2 N–H and O–H groups in total. The van der Waals surface area contributed by atoms with E-state index in [1.165, 1.54) is 5.56 Å². The van der Waals surface area contributed by atoms with Crippen LogP contribution >= 0.6 is 0 Å². The second kappa shape index (κ2) is 4.90. The lowest BCUT2D eigenvalue weighted by atomic mass is 10.0. The fourth-order valence-electron chi connectivity index (χ4n) is 2.52. The van der Waals surface area contributed by atoms with E-state index in [0.29, 0.717) is 0 Å². The minimum atomic E-state index is 0.0505. The van der Waals surface area contributed by atoms with Crippen LogP contribution in [0.25, 0.3) is 22.2 Å². The summed E-state index contributed by atoms with van der Waals surface area (Å²) in [7, 11) is 0. The molecule has 2 aromatic carbocycles. The molecular weight excluding hydrogens is 234 g/mol. The lowest BCUT2D eigenvalue weighted by molar-refractivity contribution is 0.284. The molecule has 1 aromatic heterocycles. The van der Waals surface area contributed by atoms with Gasteiger partial charge in [-0.05, 0) is 23.6 Å². The largest absolute Gasteiger partial charge is 0.392 e. The normalized spacial score (nSPS) is 11.1. The second-order valence-electron chi connectivity index (χ2n) is 4.73. The van der Waals surface area contributed by atoms with Crippen LogP contribution in [0.2, 0.25) is 0 Å². The summed E-state index contributed by atoms with van der Waals surface area (Å²) in [4.78, 5) is 3.41. The Labute approximate surface area is 112 Å². The van der Waals surface area contributed by atoms with Crippen LogP contribution in [0.5, 0.6) is 0 Å². The number of aromatic amines is 1. The Morgan fingerprint density at radius 3 is 2.42 bits per heavy atom. The summed E-state index contributed by atoms with van der Waals surface area (Å²) in [5.74, 6) is 0. The highest BCUT2D eigenvalue weighted by molar-refractivity contribution is 5.90. The summed E-state index contributed by atoms with van der Waals surface area (Å²) < 4.78 is 0. The third kappa shape index (κ3) is 2.04. The van der Waals surface area contributed by atoms with Gasteiger partial charge in [-0.25, -0.2) is 0 Å². The molecule has 0 radical (unpaired) electrons. The number of rotatable bonds is 3. The molecule has 0 aliphatic carbocycles. The van der Waals surface area contributed by atoms with Gasteiger partial charge >= 0.3 is 0 Å². The zero-order valence-corrected chi connectivity index (χ0v) is 11.0. The minimum Gasteiger partial charge on any atom is -0.392 e. The van der Waals surface area contributed by atoms with Crippen molar-refractivity contribution in [3.63, 3.8) is 0 Å². The van der Waals surface area contributed by atoms with Crippen molar-refractivity contribution in [3.05, 3.63) is 59.7 Å². The Bertz CT molecular complexity index is 695. The Morgan fingerprint density at radius 2 is 1.74 bits per heavy atom. The highest BCUT2D eigenvalue weighted by Crippen LogP contribution is 2.30. The molecule has 0 aliphatic heterocycles. The van der Waals surface area contributed by atoms with Crippen molar-refractivity contribution < 1.29 is 5.11 Å². The number of aryl methyl sites for hydroxylation is 1. The predicted octanol–water partition coefficient (Wildman–Crippen LogP) is 3.89. The number of fused-ring (bicyclic) bond motifs is 1. The fraction of sp³-hybridized carbons (Fsp3) is 0.176. The molecule has 2 nitrogen and oxygen atoms in total. The molecule has 0 bridgehead atoms. The monoisotopic (exact) mass is 251 g/mol. The van der Waals surface area contributed by atoms with Crippen LogP contribution in [-0.2, 0) is 13.0 Å². The first-order chi connectivity index (χ1) is 9.33. The summed E-state index contributed by atoms with van der Waals surface area (Å²) in [6, 6.07) is 16.6. The number of nitrogens with one attached hydrogen (secondary N) is 1. The van der Waals surface area contributed by atoms with Crippen molar-refractivity contribution in [3.8, 4) is 11.3 Å². The van der Waals surface area contributed by atoms with Gasteiger partial charge in [0.25, 0.3) is 0 Å². The van der Waals surface area contributed by atoms with Gasteiger partial charge in [0.2, 0.25) is 0 Å². The van der Waals surface area contributed by atoms with E-state index < -0.39 is 0 Å². The second-order valence-corrected chi connectivity index (χ2v) is 4.73. The number of para-hydroxylation sites is 1. The number of benzene rings is 2. The van der Waals surface area contributed by atoms with Gasteiger partial charge in [0.05, 0.1) is 12.3 Å². The van der Waals surface area contributed by atoms with Gasteiger partial charge in [-0.3, -0.25) is 0 Å². The summed E-state index contributed by atoms with van der Waals surface area (Å²) in [6.45, 7) is 2.20. The van der Waals surface area contributed by atoms with Gasteiger partial charge < -0.3 is 10.1 Å². The third-order valence-corrected chi connectivity index (χ3v) is 3.62. The van der Waals surface area contributed by atoms with E-state index >= 15 is 0 Å². The van der Waals surface area contributed by atoms with E-state index in [2.05, 4.69) is 36.2 Å². The standard InChI is InChI=1S/C17H17NO/c1-2-12-7-9-13(10-8-12)17-15(11-19)14-5-3-4-6-16(14)18-17/h3-10,18-19H,2,11H2,1H3. The fourth-order valence-corrected chi connectivity index (χ4v) is 2.52. The number of aliphatic hydroxyl groups excluding tert-OH is 1. The number of H-pyrrole nitrogens is 1. The molecule has 0 unspecified atom stereocenters. The van der Waals surface area contributed by atoms with Crippen molar-refractivity contribution in [2.75, 3.05) is 0 Å². The SMILES string of the molecule is CCc1ccc(-c2[nH]c3ccccc3c2CO)cc1. The Balaban J connectivity index is 2.17. The number of aliphatic hydroxyl groups is 1. The zero-order valence-electron chi connectivity index (χ0n) is 11.0. The van der Waals surface area contributed by atoms with E-state index in [-0.39, 0.29) is 6.61 Å². The summed E-state index contributed by atoms with van der Waals surface area (Å²) in [6.07, 6.45) is 1.04. The number of hydrogen-bond acceptors (Lipinski definition) is 1. The van der Waals surface area contributed by atoms with Crippen molar-refractivity contribution in [1.29, 1.82) is 0 Å². The number of aromatic nitrogens is 1. The number of hydrogen-bond donors (Lipinski definition) is 2. The lowest BCUT2D eigenvalue weighted by Crippen LogP contribution is -1.87. The molecule has 3 aromatic rings. The van der Waals surface area contributed by atoms with Crippen LogP contribution in [0.3, 0.4) is 0 Å². The van der Waals surface area contributed by atoms with E-state index in [4.69, 9.17) is 0 Å². The van der Waals surface area contributed by atoms with E-state index in [9.17, 15) is 5.11 Å². The molecule has 19 heavy (non-hydrogen) atoms. The summed E-state index contributed by atoms with van der Waals surface area (Å²) >= 11 is 0. The first kappa shape index (κ1) is 12.0. The van der Waals surface area contributed by atoms with Crippen LogP contribution < -0.4 is 0 Å². The Morgan fingerprint density at radius 1 is 1.00 bits per heavy atom. The van der Waals surface area contributed by atoms with Crippen LogP contribution in [0.4, 0.5) is 0 Å². The first-order valence-electron chi connectivity index (χ1n) is 6.63. The quantitative estimate of drug-likeness (QED) is 0.728. The van der Waals surface area contributed by atoms with E-state index in [1.54, 1.807) is 0 Å². The van der Waals surface area contributed by atoms with Crippen molar-refractivity contribution in [2.45, 2.75) is 20.0 Å². The summed E-state index contributed by atoms with van der Waals surface area (Å²) in [5.41, 5.74) is 5.51. The first-order valence-corrected chi connectivity index (χ1v) is 6.63. The average Bonchev–Trinajstić information content (AvgIpc) is 2.85. The van der Waals surface area contributed by atoms with Crippen LogP contribution in [0.1, 0.15) is 18.1 Å². The molecule has 0 saturated carbocycles. The topological polar surface area (TPSA) is 36.0 Å². The highest BCUT2D eigenvalue weighted by Gasteiger charge is 2.11. The molecule has 0 amide bonds. The molecular formula is C17H17NO. The van der Waals surface area contributed by atoms with Crippen LogP contribution in [-0.4, -0.2) is 10.1 Å². The van der Waals surface area contributed by atoms with E-state index in [0.717, 1.165) is 34.1 Å². The van der Waals surface area contributed by atoms with Gasteiger partial charge in [-0.15, -0.1) is 0 Å². The Kier molecular flexibility index (Phi) is 3.10. The van der Waals surface area contributed by atoms with Crippen molar-refractivity contribution >= 4 is 10.9 Å². The smallest absolute Gasteiger partial charge is 0.0709 e. The zero-order chi connectivity index (χ0) is 13.2. The highest BCUT2D eigenvalue weighted by atomic mass is 16.3.